The standard InChI is InChI=1S/C21H34O2/c1-14(22)23-19-8-4-6-15-9-10-16-17-7-5-12-20(17,2)13-11-18(16)21(15,19)3/h15-19H,4-13H2,1-3H3/t15-,16-,17+,18-,19+,20-,21-/m1/s1. The first kappa shape index (κ1) is 16.0. The van der Waals surface area contributed by atoms with Gasteiger partial charge >= 0.3 is 5.97 Å². The van der Waals surface area contributed by atoms with Gasteiger partial charge in [-0.05, 0) is 86.9 Å². The highest BCUT2D eigenvalue weighted by molar-refractivity contribution is 5.66. The monoisotopic (exact) mass is 318 g/mol. The van der Waals surface area contributed by atoms with Crippen LogP contribution in [-0.4, -0.2) is 12.1 Å². The predicted octanol–water partition coefficient (Wildman–Crippen LogP) is 5.35. The van der Waals surface area contributed by atoms with Gasteiger partial charge in [0.25, 0.3) is 0 Å². The largest absolute Gasteiger partial charge is 0.462 e. The summed E-state index contributed by atoms with van der Waals surface area (Å²) in [6.07, 6.45) is 13.8. The first-order chi connectivity index (χ1) is 10.9. The van der Waals surface area contributed by atoms with Crippen molar-refractivity contribution in [2.24, 2.45) is 34.5 Å². The molecule has 0 unspecified atom stereocenters. The fourth-order valence-corrected chi connectivity index (χ4v) is 7.67. The van der Waals surface area contributed by atoms with Crippen LogP contribution >= 0.6 is 0 Å². The van der Waals surface area contributed by atoms with Gasteiger partial charge in [-0.1, -0.05) is 20.3 Å². The quantitative estimate of drug-likeness (QED) is 0.609. The third kappa shape index (κ3) is 2.30. The second kappa shape index (κ2) is 5.49. The molecule has 7 atom stereocenters. The van der Waals surface area contributed by atoms with Gasteiger partial charge in [0.1, 0.15) is 6.10 Å². The summed E-state index contributed by atoms with van der Waals surface area (Å²) in [4.78, 5) is 11.7. The number of esters is 1. The number of ether oxygens (including phenoxy) is 1. The zero-order valence-corrected chi connectivity index (χ0v) is 15.3. The molecule has 0 spiro atoms. The maximum atomic E-state index is 11.7. The van der Waals surface area contributed by atoms with Gasteiger partial charge in [0, 0.05) is 12.3 Å². The number of carbonyl (C=O) groups is 1. The number of hydrogen-bond acceptors (Lipinski definition) is 2. The molecule has 130 valence electrons. The Morgan fingerprint density at radius 2 is 1.74 bits per heavy atom. The van der Waals surface area contributed by atoms with Crippen molar-refractivity contribution in [3.63, 3.8) is 0 Å². The Hall–Kier alpha value is -0.530. The molecule has 0 aromatic heterocycles. The molecule has 0 radical (unpaired) electrons. The number of rotatable bonds is 1. The molecule has 0 aliphatic heterocycles. The van der Waals surface area contributed by atoms with E-state index in [1.165, 1.54) is 57.8 Å². The third-order valence-electron chi connectivity index (χ3n) is 8.77. The van der Waals surface area contributed by atoms with Gasteiger partial charge < -0.3 is 4.74 Å². The number of carbonyl (C=O) groups excluding carboxylic acids is 1. The molecule has 4 fully saturated rings. The second-order valence-electron chi connectivity index (χ2n) is 9.63. The van der Waals surface area contributed by atoms with Crippen molar-refractivity contribution in [2.75, 3.05) is 0 Å². The van der Waals surface area contributed by atoms with E-state index >= 15 is 0 Å². The molecule has 4 saturated carbocycles. The third-order valence-corrected chi connectivity index (χ3v) is 8.77. The Labute approximate surface area is 141 Å². The lowest BCUT2D eigenvalue weighted by atomic mass is 9.44. The highest BCUT2D eigenvalue weighted by Crippen LogP contribution is 2.66. The lowest BCUT2D eigenvalue weighted by Crippen LogP contribution is -2.57. The predicted molar refractivity (Wildman–Crippen MR) is 91.9 cm³/mol. The molecule has 0 amide bonds. The Morgan fingerprint density at radius 1 is 0.913 bits per heavy atom. The lowest BCUT2D eigenvalue weighted by Gasteiger charge is -2.61. The molecule has 0 saturated heterocycles. The minimum absolute atomic E-state index is 0.0690. The van der Waals surface area contributed by atoms with E-state index in [1.807, 2.05) is 0 Å². The molecular weight excluding hydrogens is 284 g/mol. The first-order valence-corrected chi connectivity index (χ1v) is 10.1. The highest BCUT2D eigenvalue weighted by Gasteiger charge is 2.60. The Morgan fingerprint density at radius 3 is 2.52 bits per heavy atom. The molecule has 2 heteroatoms. The molecule has 4 rings (SSSR count). The zero-order chi connectivity index (χ0) is 16.2. The van der Waals surface area contributed by atoms with Crippen molar-refractivity contribution in [2.45, 2.75) is 91.1 Å². The van der Waals surface area contributed by atoms with Crippen molar-refractivity contribution in [3.05, 3.63) is 0 Å². The Balaban J connectivity index is 1.66. The molecule has 23 heavy (non-hydrogen) atoms. The fourth-order valence-electron chi connectivity index (χ4n) is 7.67. The average molecular weight is 319 g/mol. The van der Waals surface area contributed by atoms with Crippen LogP contribution in [0.3, 0.4) is 0 Å². The van der Waals surface area contributed by atoms with Crippen LogP contribution in [-0.2, 0) is 9.53 Å². The van der Waals surface area contributed by atoms with Crippen LogP contribution in [0.5, 0.6) is 0 Å². The fraction of sp³-hybridized carbons (Fsp3) is 0.952. The molecule has 0 aromatic rings. The van der Waals surface area contributed by atoms with E-state index in [0.29, 0.717) is 5.41 Å². The van der Waals surface area contributed by atoms with Gasteiger partial charge in [-0.2, -0.15) is 0 Å². The van der Waals surface area contributed by atoms with Crippen molar-refractivity contribution in [1.82, 2.24) is 0 Å². The molecule has 0 heterocycles. The van der Waals surface area contributed by atoms with E-state index in [-0.39, 0.29) is 17.5 Å². The summed E-state index contributed by atoms with van der Waals surface area (Å²) in [5.74, 6) is 3.35. The smallest absolute Gasteiger partial charge is 0.302 e. The van der Waals surface area contributed by atoms with Gasteiger partial charge in [-0.25, -0.2) is 0 Å². The van der Waals surface area contributed by atoms with Crippen LogP contribution in [0, 0.1) is 34.5 Å². The van der Waals surface area contributed by atoms with Crippen molar-refractivity contribution < 1.29 is 9.53 Å². The summed E-state index contributed by atoms with van der Waals surface area (Å²) in [6, 6.07) is 0. The van der Waals surface area contributed by atoms with E-state index in [1.54, 1.807) is 6.92 Å². The van der Waals surface area contributed by atoms with Crippen molar-refractivity contribution in [1.29, 1.82) is 0 Å². The minimum Gasteiger partial charge on any atom is -0.462 e. The summed E-state index contributed by atoms with van der Waals surface area (Å²) in [7, 11) is 0. The summed E-state index contributed by atoms with van der Waals surface area (Å²) in [5, 5.41) is 0. The van der Waals surface area contributed by atoms with E-state index in [2.05, 4.69) is 13.8 Å². The maximum Gasteiger partial charge on any atom is 0.302 e. The van der Waals surface area contributed by atoms with Crippen LogP contribution in [0.25, 0.3) is 0 Å². The molecule has 2 nitrogen and oxygen atoms in total. The van der Waals surface area contributed by atoms with Gasteiger partial charge in [0.05, 0.1) is 0 Å². The van der Waals surface area contributed by atoms with Crippen LogP contribution < -0.4 is 0 Å². The SMILES string of the molecule is CC(=O)O[C@H]1CCC[C@@H]2CC[C@H]3[C@@H](CC[C@@]4(C)CCC[C@@H]34)[C@@]21C. The van der Waals surface area contributed by atoms with Crippen molar-refractivity contribution in [3.8, 4) is 0 Å². The maximum absolute atomic E-state index is 11.7. The van der Waals surface area contributed by atoms with E-state index in [4.69, 9.17) is 4.74 Å². The molecule has 4 aliphatic rings. The number of hydrogen-bond donors (Lipinski definition) is 0. The number of fused-ring (bicyclic) bond motifs is 5. The second-order valence-corrected chi connectivity index (χ2v) is 9.63. The summed E-state index contributed by atoms with van der Waals surface area (Å²) in [6.45, 7) is 6.67. The van der Waals surface area contributed by atoms with Crippen LogP contribution in [0.4, 0.5) is 0 Å². The summed E-state index contributed by atoms with van der Waals surface area (Å²) >= 11 is 0. The topological polar surface area (TPSA) is 26.3 Å². The Bertz CT molecular complexity index is 486. The average Bonchev–Trinajstić information content (AvgIpc) is 2.89. The van der Waals surface area contributed by atoms with Crippen LogP contribution in [0.1, 0.15) is 85.0 Å². The van der Waals surface area contributed by atoms with Gasteiger partial charge in [-0.15, -0.1) is 0 Å². The van der Waals surface area contributed by atoms with Crippen LogP contribution in [0.15, 0.2) is 0 Å². The van der Waals surface area contributed by atoms with Gasteiger partial charge in [0.15, 0.2) is 0 Å². The summed E-state index contributed by atoms with van der Waals surface area (Å²) < 4.78 is 5.91. The molecular formula is C21H34O2. The first-order valence-electron chi connectivity index (χ1n) is 10.1. The van der Waals surface area contributed by atoms with Gasteiger partial charge in [-0.3, -0.25) is 4.79 Å². The van der Waals surface area contributed by atoms with Crippen molar-refractivity contribution >= 4 is 5.97 Å². The normalized spacial score (nSPS) is 52.2. The van der Waals surface area contributed by atoms with Crippen LogP contribution in [0.2, 0.25) is 0 Å². The van der Waals surface area contributed by atoms with E-state index in [0.717, 1.165) is 30.1 Å². The molecule has 4 aliphatic carbocycles. The minimum atomic E-state index is -0.0690. The lowest BCUT2D eigenvalue weighted by molar-refractivity contribution is -0.188. The molecule has 0 aromatic carbocycles. The molecule has 0 N–H and O–H groups in total. The zero-order valence-electron chi connectivity index (χ0n) is 15.3. The summed E-state index contributed by atoms with van der Waals surface area (Å²) in [5.41, 5.74) is 0.868. The van der Waals surface area contributed by atoms with E-state index in [9.17, 15) is 4.79 Å². The van der Waals surface area contributed by atoms with E-state index < -0.39 is 0 Å². The highest BCUT2D eigenvalue weighted by atomic mass is 16.5. The molecule has 0 bridgehead atoms. The Kier molecular flexibility index (Phi) is 3.81. The van der Waals surface area contributed by atoms with Gasteiger partial charge in [0.2, 0.25) is 0 Å².